The summed E-state index contributed by atoms with van der Waals surface area (Å²) in [5.74, 6) is -0.226. The summed E-state index contributed by atoms with van der Waals surface area (Å²) in [6, 6.07) is 9.97. The molecule has 2 amide bonds. The van der Waals surface area contributed by atoms with E-state index in [9.17, 15) is 14.0 Å². The molecule has 2 aromatic carbocycles. The van der Waals surface area contributed by atoms with Crippen LogP contribution in [0.5, 0.6) is 5.75 Å². The molecule has 3 rings (SSSR count). The average Bonchev–Trinajstić information content (AvgIpc) is 2.70. The van der Waals surface area contributed by atoms with Crippen LogP contribution in [0.2, 0.25) is 0 Å². The molecular weight excluding hydrogens is 359 g/mol. The molecule has 2 aromatic rings. The number of hydrogen-bond donors (Lipinski definition) is 0. The molecule has 1 aliphatic rings. The number of carbonyl (C=O) groups is 2. The number of piperazine rings is 1. The second-order valence-electron chi connectivity index (χ2n) is 7.09. The minimum Gasteiger partial charge on any atom is -0.483 e. The van der Waals surface area contributed by atoms with Crippen LogP contribution in [-0.2, 0) is 4.79 Å². The van der Waals surface area contributed by atoms with E-state index in [1.54, 1.807) is 21.9 Å². The number of hydrogen-bond acceptors (Lipinski definition) is 3. The minimum atomic E-state index is -0.525. The van der Waals surface area contributed by atoms with E-state index in [1.165, 1.54) is 12.1 Å². The van der Waals surface area contributed by atoms with Crippen molar-refractivity contribution >= 4 is 11.8 Å². The van der Waals surface area contributed by atoms with Crippen LogP contribution >= 0.6 is 0 Å². The summed E-state index contributed by atoms with van der Waals surface area (Å²) in [7, 11) is 0. The molecule has 0 aromatic heterocycles. The third-order valence-corrected chi connectivity index (χ3v) is 5.24. The smallest absolute Gasteiger partial charge is 0.260 e. The number of aryl methyl sites for hydroxylation is 2. The number of ether oxygens (including phenoxy) is 1. The lowest BCUT2D eigenvalue weighted by atomic mass is 10.1. The van der Waals surface area contributed by atoms with Gasteiger partial charge in [-0.3, -0.25) is 9.59 Å². The monoisotopic (exact) mass is 384 g/mol. The molecule has 0 bridgehead atoms. The van der Waals surface area contributed by atoms with Gasteiger partial charge in [0.1, 0.15) is 11.6 Å². The molecule has 28 heavy (non-hydrogen) atoms. The van der Waals surface area contributed by atoms with Gasteiger partial charge in [0.15, 0.2) is 6.61 Å². The third-order valence-electron chi connectivity index (χ3n) is 5.24. The molecule has 0 radical (unpaired) electrons. The number of nitrogens with zero attached hydrogens (tertiary/aromatic N) is 2. The van der Waals surface area contributed by atoms with Crippen molar-refractivity contribution in [3.05, 3.63) is 64.5 Å². The molecule has 0 aliphatic carbocycles. The van der Waals surface area contributed by atoms with E-state index in [0.29, 0.717) is 26.2 Å². The number of halogens is 1. The molecule has 148 valence electrons. The first kappa shape index (κ1) is 19.9. The first-order valence-corrected chi connectivity index (χ1v) is 9.39. The van der Waals surface area contributed by atoms with Crippen LogP contribution in [0, 0.1) is 26.6 Å². The van der Waals surface area contributed by atoms with Gasteiger partial charge in [0.05, 0.1) is 5.56 Å². The van der Waals surface area contributed by atoms with Gasteiger partial charge in [-0.1, -0.05) is 24.3 Å². The zero-order valence-electron chi connectivity index (χ0n) is 16.5. The van der Waals surface area contributed by atoms with Crippen LogP contribution in [0.3, 0.4) is 0 Å². The molecule has 5 nitrogen and oxygen atoms in total. The standard InChI is InChI=1S/C22H25FN2O3/c1-15-8-9-16(2)21(17(15)3)28-14-20(26)24-10-12-25(13-11-24)22(27)18-6-4-5-7-19(18)23/h4-9H,10-14H2,1-3H3. The van der Waals surface area contributed by atoms with E-state index >= 15 is 0 Å². The zero-order valence-corrected chi connectivity index (χ0v) is 16.5. The molecule has 6 heteroatoms. The van der Waals surface area contributed by atoms with Gasteiger partial charge in [-0.2, -0.15) is 0 Å². The van der Waals surface area contributed by atoms with Crippen molar-refractivity contribution < 1.29 is 18.7 Å². The fraction of sp³-hybridized carbons (Fsp3) is 0.364. The Kier molecular flexibility index (Phi) is 5.97. The molecule has 1 heterocycles. The van der Waals surface area contributed by atoms with Crippen molar-refractivity contribution in [2.75, 3.05) is 32.8 Å². The van der Waals surface area contributed by atoms with Crippen LogP contribution in [0.1, 0.15) is 27.0 Å². The fourth-order valence-electron chi connectivity index (χ4n) is 3.34. The van der Waals surface area contributed by atoms with Crippen molar-refractivity contribution in [3.8, 4) is 5.75 Å². The van der Waals surface area contributed by atoms with Crippen molar-refractivity contribution in [2.24, 2.45) is 0 Å². The van der Waals surface area contributed by atoms with E-state index in [1.807, 2.05) is 32.9 Å². The number of carbonyl (C=O) groups excluding carboxylic acids is 2. The van der Waals surface area contributed by atoms with E-state index in [4.69, 9.17) is 4.74 Å². The first-order chi connectivity index (χ1) is 13.4. The number of rotatable bonds is 4. The van der Waals surface area contributed by atoms with Crippen LogP contribution in [-0.4, -0.2) is 54.4 Å². The summed E-state index contributed by atoms with van der Waals surface area (Å²) in [5.41, 5.74) is 3.22. The normalized spacial score (nSPS) is 14.1. The van der Waals surface area contributed by atoms with Crippen LogP contribution in [0.15, 0.2) is 36.4 Å². The van der Waals surface area contributed by atoms with Gasteiger partial charge in [-0.05, 0) is 49.6 Å². The maximum Gasteiger partial charge on any atom is 0.260 e. The second kappa shape index (κ2) is 8.42. The van der Waals surface area contributed by atoms with Gasteiger partial charge in [0, 0.05) is 26.2 Å². The van der Waals surface area contributed by atoms with Gasteiger partial charge in [-0.25, -0.2) is 4.39 Å². The van der Waals surface area contributed by atoms with Crippen LogP contribution in [0.25, 0.3) is 0 Å². The molecule has 1 saturated heterocycles. The van der Waals surface area contributed by atoms with Crippen LogP contribution in [0.4, 0.5) is 4.39 Å². The second-order valence-corrected chi connectivity index (χ2v) is 7.09. The van der Waals surface area contributed by atoms with Crippen molar-refractivity contribution in [3.63, 3.8) is 0 Å². The Balaban J connectivity index is 1.55. The highest BCUT2D eigenvalue weighted by Gasteiger charge is 2.26. The van der Waals surface area contributed by atoms with E-state index in [2.05, 4.69) is 0 Å². The highest BCUT2D eigenvalue weighted by Crippen LogP contribution is 2.25. The number of amides is 2. The topological polar surface area (TPSA) is 49.9 Å². The van der Waals surface area contributed by atoms with Gasteiger partial charge >= 0.3 is 0 Å². The lowest BCUT2D eigenvalue weighted by Crippen LogP contribution is -2.51. The van der Waals surface area contributed by atoms with Gasteiger partial charge < -0.3 is 14.5 Å². The van der Waals surface area contributed by atoms with Crippen molar-refractivity contribution in [1.82, 2.24) is 9.80 Å². The Bertz CT molecular complexity index is 889. The van der Waals surface area contributed by atoms with Crippen molar-refractivity contribution in [2.45, 2.75) is 20.8 Å². The molecule has 1 aliphatic heterocycles. The Hall–Kier alpha value is -2.89. The Morgan fingerprint density at radius 3 is 2.21 bits per heavy atom. The fourth-order valence-corrected chi connectivity index (χ4v) is 3.34. The number of benzene rings is 2. The molecule has 0 saturated carbocycles. The lowest BCUT2D eigenvalue weighted by molar-refractivity contribution is -0.134. The highest BCUT2D eigenvalue weighted by atomic mass is 19.1. The lowest BCUT2D eigenvalue weighted by Gasteiger charge is -2.34. The predicted molar refractivity (Wildman–Crippen MR) is 105 cm³/mol. The summed E-state index contributed by atoms with van der Waals surface area (Å²) < 4.78 is 19.6. The Labute approximate surface area is 164 Å². The van der Waals surface area contributed by atoms with E-state index < -0.39 is 5.82 Å². The first-order valence-electron chi connectivity index (χ1n) is 9.39. The summed E-state index contributed by atoms with van der Waals surface area (Å²) in [5, 5.41) is 0. The summed E-state index contributed by atoms with van der Waals surface area (Å²) in [4.78, 5) is 28.3. The van der Waals surface area contributed by atoms with Gasteiger partial charge in [-0.15, -0.1) is 0 Å². The summed E-state index contributed by atoms with van der Waals surface area (Å²) in [6.45, 7) is 7.49. The summed E-state index contributed by atoms with van der Waals surface area (Å²) in [6.07, 6.45) is 0. The van der Waals surface area contributed by atoms with Crippen molar-refractivity contribution in [1.29, 1.82) is 0 Å². The maximum atomic E-state index is 13.8. The quantitative estimate of drug-likeness (QED) is 0.814. The molecule has 0 spiro atoms. The zero-order chi connectivity index (χ0) is 20.3. The van der Waals surface area contributed by atoms with E-state index in [0.717, 1.165) is 22.4 Å². The third kappa shape index (κ3) is 4.16. The molecule has 0 atom stereocenters. The minimum absolute atomic E-state index is 0.0353. The SMILES string of the molecule is Cc1ccc(C)c(OCC(=O)N2CCN(C(=O)c3ccccc3F)CC2)c1C. The molecular formula is C22H25FN2O3. The van der Waals surface area contributed by atoms with E-state index in [-0.39, 0.29) is 24.0 Å². The molecule has 1 fully saturated rings. The average molecular weight is 384 g/mol. The summed E-state index contributed by atoms with van der Waals surface area (Å²) >= 11 is 0. The molecule has 0 unspecified atom stereocenters. The maximum absolute atomic E-state index is 13.8. The Morgan fingerprint density at radius 1 is 0.929 bits per heavy atom. The van der Waals surface area contributed by atoms with Gasteiger partial charge in [0.25, 0.3) is 11.8 Å². The van der Waals surface area contributed by atoms with Crippen LogP contribution < -0.4 is 4.74 Å². The Morgan fingerprint density at radius 2 is 1.54 bits per heavy atom. The highest BCUT2D eigenvalue weighted by molar-refractivity contribution is 5.94. The largest absolute Gasteiger partial charge is 0.483 e. The molecule has 0 N–H and O–H groups in total. The predicted octanol–water partition coefficient (Wildman–Crippen LogP) is 3.11. The van der Waals surface area contributed by atoms with Gasteiger partial charge in [0.2, 0.25) is 0 Å².